The number of nitrogens with one attached hydrogen (secondary N) is 2. The lowest BCUT2D eigenvalue weighted by Crippen LogP contribution is -2.16. The van der Waals surface area contributed by atoms with Gasteiger partial charge in [0.15, 0.2) is 39.1 Å². The van der Waals surface area contributed by atoms with Crippen molar-refractivity contribution in [1.82, 2.24) is 9.97 Å². The van der Waals surface area contributed by atoms with Gasteiger partial charge < -0.3 is 15.5 Å². The Labute approximate surface area is 219 Å². The number of sulfonamides is 1. The van der Waals surface area contributed by atoms with Crippen LogP contribution in [0.25, 0.3) is 11.3 Å². The van der Waals surface area contributed by atoms with Crippen LogP contribution in [0.5, 0.6) is 11.5 Å². The van der Waals surface area contributed by atoms with E-state index in [0.29, 0.717) is 22.5 Å². The minimum atomic E-state index is -4.14. The van der Waals surface area contributed by atoms with E-state index in [1.165, 1.54) is 24.4 Å². The summed E-state index contributed by atoms with van der Waals surface area (Å²) in [5, 5.41) is 22.2. The van der Waals surface area contributed by atoms with E-state index in [1.54, 1.807) is 6.92 Å². The molecule has 0 aliphatic heterocycles. The molecule has 13 heteroatoms. The van der Waals surface area contributed by atoms with Gasteiger partial charge in [0, 0.05) is 22.5 Å². The summed E-state index contributed by atoms with van der Waals surface area (Å²) in [5.74, 6) is -4.22. The quantitative estimate of drug-likeness (QED) is 0.205. The van der Waals surface area contributed by atoms with Gasteiger partial charge >= 0.3 is 0 Å². The van der Waals surface area contributed by atoms with Gasteiger partial charge in [-0.05, 0) is 61.6 Å². The lowest BCUT2D eigenvalue weighted by atomic mass is 10.1. The molecule has 1 saturated carbocycles. The zero-order chi connectivity index (χ0) is 27.2. The monoisotopic (exact) mass is 562 g/mol. The number of hydrogen-bond donors (Lipinski definition) is 4. The number of thiazole rings is 1. The Morgan fingerprint density at radius 3 is 2.45 bits per heavy atom. The fourth-order valence-electron chi connectivity index (χ4n) is 3.89. The molecule has 4 N–H and O–H groups in total. The summed E-state index contributed by atoms with van der Waals surface area (Å²) >= 11 is 1.15. The third kappa shape index (κ3) is 5.11. The molecule has 1 fully saturated rings. The lowest BCUT2D eigenvalue weighted by Gasteiger charge is -2.12. The molecule has 2 aromatic heterocycles. The van der Waals surface area contributed by atoms with Gasteiger partial charge in [0.25, 0.3) is 10.0 Å². The summed E-state index contributed by atoms with van der Waals surface area (Å²) in [5.41, 5.74) is 1.74. The van der Waals surface area contributed by atoms with Crippen LogP contribution >= 0.6 is 11.3 Å². The molecule has 198 valence electrons. The zero-order valence-corrected chi connectivity index (χ0v) is 21.4. The maximum Gasteiger partial charge on any atom is 0.281 e. The largest absolute Gasteiger partial charge is 0.504 e. The molecule has 0 saturated heterocycles. The maximum absolute atomic E-state index is 13.8. The van der Waals surface area contributed by atoms with Crippen LogP contribution in [0.2, 0.25) is 0 Å². The number of anilines is 2. The number of rotatable bonds is 8. The van der Waals surface area contributed by atoms with Gasteiger partial charge in [-0.3, -0.25) is 4.72 Å². The van der Waals surface area contributed by atoms with Gasteiger partial charge in [-0.2, -0.15) is 8.42 Å². The van der Waals surface area contributed by atoms with Crippen molar-refractivity contribution in [1.29, 1.82) is 0 Å². The Morgan fingerprint density at radius 2 is 1.76 bits per heavy atom. The van der Waals surface area contributed by atoms with Crippen LogP contribution in [0.3, 0.4) is 0 Å². The van der Waals surface area contributed by atoms with Crippen molar-refractivity contribution in [3.05, 3.63) is 76.1 Å². The van der Waals surface area contributed by atoms with Gasteiger partial charge in [-0.15, -0.1) is 11.3 Å². The van der Waals surface area contributed by atoms with Crippen molar-refractivity contribution >= 4 is 32.2 Å². The van der Waals surface area contributed by atoms with Crippen LogP contribution in [0.4, 0.5) is 24.0 Å². The number of phenolic OH excluding ortho intramolecular Hbond substituents is 2. The van der Waals surface area contributed by atoms with Crippen molar-refractivity contribution in [3.8, 4) is 22.8 Å². The van der Waals surface area contributed by atoms with Crippen molar-refractivity contribution in [2.24, 2.45) is 0 Å². The molecule has 0 amide bonds. The van der Waals surface area contributed by atoms with Crippen LogP contribution in [-0.2, 0) is 16.6 Å². The lowest BCUT2D eigenvalue weighted by molar-refractivity contribution is 0.376. The van der Waals surface area contributed by atoms with E-state index < -0.39 is 39.0 Å². The highest BCUT2D eigenvalue weighted by molar-refractivity contribution is 7.92. The molecular weight excluding hydrogens is 541 g/mol. The normalized spacial score (nSPS) is 13.5. The van der Waals surface area contributed by atoms with Crippen molar-refractivity contribution < 1.29 is 31.8 Å². The van der Waals surface area contributed by atoms with Crippen LogP contribution < -0.4 is 10.0 Å². The van der Waals surface area contributed by atoms with Crippen molar-refractivity contribution in [2.45, 2.75) is 37.3 Å². The van der Waals surface area contributed by atoms with Gasteiger partial charge in [-0.25, -0.2) is 23.1 Å². The van der Waals surface area contributed by atoms with Crippen molar-refractivity contribution in [3.63, 3.8) is 0 Å². The topological polar surface area (TPSA) is 124 Å². The van der Waals surface area contributed by atoms with Crippen LogP contribution in [0, 0.1) is 24.4 Å². The van der Waals surface area contributed by atoms with E-state index in [1.807, 2.05) is 0 Å². The fourth-order valence-corrected chi connectivity index (χ4v) is 6.44. The molecule has 0 unspecified atom stereocenters. The molecule has 8 nitrogen and oxygen atoms in total. The first-order valence-electron chi connectivity index (χ1n) is 11.4. The molecule has 38 heavy (non-hydrogen) atoms. The molecule has 2 aromatic carbocycles. The molecule has 1 aliphatic carbocycles. The number of aromatic nitrogens is 2. The Bertz CT molecular complexity index is 1660. The molecular formula is C25H21F3N4O4S2. The van der Waals surface area contributed by atoms with Crippen LogP contribution in [0.1, 0.15) is 34.8 Å². The molecule has 0 bridgehead atoms. The highest BCUT2D eigenvalue weighted by Gasteiger charge is 2.31. The number of halogens is 3. The second kappa shape index (κ2) is 9.80. The summed E-state index contributed by atoms with van der Waals surface area (Å²) in [6.45, 7) is 1.57. The smallest absolute Gasteiger partial charge is 0.281 e. The van der Waals surface area contributed by atoms with E-state index >= 15 is 0 Å². The Balaban J connectivity index is 1.36. The van der Waals surface area contributed by atoms with Crippen LogP contribution in [-0.4, -0.2) is 28.6 Å². The van der Waals surface area contributed by atoms with Gasteiger partial charge in [0.05, 0.1) is 17.6 Å². The number of phenols is 2. The Morgan fingerprint density at radius 1 is 1.03 bits per heavy atom. The minimum Gasteiger partial charge on any atom is -0.504 e. The average Bonchev–Trinajstić information content (AvgIpc) is 3.63. The molecule has 0 radical (unpaired) electrons. The standard InChI is InChI=1S/C25H21F3N4O4S2/c1-12-8-16(29-10-15-5-7-18(27)22(34)21(15)33)11-30-24(12)38(35,36)32-25-31-20(23(37-25)13-2-3-13)14-4-6-17(26)19(28)9-14/h4-9,11,13,29,33-34H,2-3,10H2,1H3,(H,31,32). The first kappa shape index (κ1) is 25.8. The summed E-state index contributed by atoms with van der Waals surface area (Å²) in [6.07, 6.45) is 3.08. The summed E-state index contributed by atoms with van der Waals surface area (Å²) in [4.78, 5) is 9.25. The summed E-state index contributed by atoms with van der Waals surface area (Å²) in [6, 6.07) is 7.31. The van der Waals surface area contributed by atoms with E-state index in [0.717, 1.165) is 47.3 Å². The average molecular weight is 563 g/mol. The molecule has 0 spiro atoms. The SMILES string of the molecule is Cc1cc(NCc2ccc(F)c(O)c2O)cnc1S(=O)(=O)Nc1nc(-c2ccc(F)c(F)c2)c(C2CC2)s1. The molecule has 4 aromatic rings. The maximum atomic E-state index is 13.8. The Hall–Kier alpha value is -3.84. The molecule has 2 heterocycles. The van der Waals surface area contributed by atoms with Gasteiger partial charge in [0.1, 0.15) is 0 Å². The second-order valence-corrected chi connectivity index (χ2v) is 11.5. The second-order valence-electron chi connectivity index (χ2n) is 8.84. The van der Waals surface area contributed by atoms with Gasteiger partial charge in [0.2, 0.25) is 0 Å². The molecule has 5 rings (SSSR count). The predicted molar refractivity (Wildman–Crippen MR) is 136 cm³/mol. The zero-order valence-electron chi connectivity index (χ0n) is 19.8. The number of pyridine rings is 1. The third-order valence-electron chi connectivity index (χ3n) is 5.97. The first-order chi connectivity index (χ1) is 18.0. The number of benzene rings is 2. The predicted octanol–water partition coefficient (Wildman–Crippen LogP) is 5.63. The third-order valence-corrected chi connectivity index (χ3v) is 8.63. The van der Waals surface area contributed by atoms with Crippen molar-refractivity contribution in [2.75, 3.05) is 10.0 Å². The van der Waals surface area contributed by atoms with Crippen LogP contribution in [0.15, 0.2) is 47.6 Å². The van der Waals surface area contributed by atoms with E-state index in [4.69, 9.17) is 0 Å². The Kier molecular flexibility index (Phi) is 6.65. The van der Waals surface area contributed by atoms with E-state index in [-0.39, 0.29) is 28.2 Å². The summed E-state index contributed by atoms with van der Waals surface area (Å²) < 4.78 is 69.3. The van der Waals surface area contributed by atoms with Gasteiger partial charge in [-0.1, -0.05) is 6.07 Å². The number of nitrogens with zero attached hydrogens (tertiary/aromatic N) is 2. The number of hydrogen-bond acceptors (Lipinski definition) is 8. The van der Waals surface area contributed by atoms with E-state index in [9.17, 15) is 31.8 Å². The molecule has 1 aliphatic rings. The number of aryl methyl sites for hydroxylation is 1. The van der Waals surface area contributed by atoms with E-state index in [2.05, 4.69) is 20.0 Å². The first-order valence-corrected chi connectivity index (χ1v) is 13.7. The molecule has 0 atom stereocenters. The highest BCUT2D eigenvalue weighted by atomic mass is 32.2. The highest BCUT2D eigenvalue weighted by Crippen LogP contribution is 2.48. The number of aromatic hydroxyl groups is 2. The fraction of sp³-hybridized carbons (Fsp3) is 0.200. The minimum absolute atomic E-state index is 0.0148. The summed E-state index contributed by atoms with van der Waals surface area (Å²) in [7, 11) is -4.14.